The first kappa shape index (κ1) is 15.0. The quantitative estimate of drug-likeness (QED) is 0.922. The number of carbonyl (C=O) groups excluding carboxylic acids is 1. The van der Waals surface area contributed by atoms with E-state index in [-0.39, 0.29) is 5.91 Å². The maximum Gasteiger partial charge on any atom is 0.240 e. The normalized spacial score (nSPS) is 19.4. The van der Waals surface area contributed by atoms with Crippen LogP contribution in [0.25, 0.3) is 0 Å². The fraction of sp³-hybridized carbons (Fsp3) is 0.500. The van der Waals surface area contributed by atoms with Gasteiger partial charge in [0.05, 0.1) is 12.2 Å². The highest BCUT2D eigenvalue weighted by atomic mass is 32.1. The molecule has 118 valence electrons. The van der Waals surface area contributed by atoms with Crippen LogP contribution in [0.4, 0.5) is 11.0 Å². The van der Waals surface area contributed by atoms with E-state index in [1.165, 1.54) is 0 Å². The van der Waals surface area contributed by atoms with Gasteiger partial charge in [0.15, 0.2) is 5.13 Å². The van der Waals surface area contributed by atoms with Crippen LogP contribution in [-0.2, 0) is 4.79 Å². The van der Waals surface area contributed by atoms with Crippen LogP contribution in [0.5, 0.6) is 0 Å². The van der Waals surface area contributed by atoms with Gasteiger partial charge in [-0.2, -0.15) is 0 Å². The van der Waals surface area contributed by atoms with E-state index in [1.807, 2.05) is 18.5 Å². The molecule has 1 aliphatic heterocycles. The highest BCUT2D eigenvalue weighted by Gasteiger charge is 2.26. The molecule has 22 heavy (non-hydrogen) atoms. The molecule has 0 bridgehead atoms. The molecule has 0 unspecified atom stereocenters. The third-order valence-electron chi connectivity index (χ3n) is 3.63. The van der Waals surface area contributed by atoms with Crippen molar-refractivity contribution < 1.29 is 9.32 Å². The maximum absolute atomic E-state index is 12.0. The predicted molar refractivity (Wildman–Crippen MR) is 85.2 cm³/mol. The first-order valence-corrected chi connectivity index (χ1v) is 8.11. The van der Waals surface area contributed by atoms with E-state index < -0.39 is 0 Å². The van der Waals surface area contributed by atoms with Crippen molar-refractivity contribution in [3.8, 4) is 0 Å². The van der Waals surface area contributed by atoms with Gasteiger partial charge in [-0.15, -0.1) is 11.3 Å². The lowest BCUT2D eigenvalue weighted by molar-refractivity contribution is -0.117. The molecule has 1 saturated heterocycles. The Morgan fingerprint density at radius 2 is 2.41 bits per heavy atom. The van der Waals surface area contributed by atoms with Crippen LogP contribution >= 0.6 is 11.3 Å². The third kappa shape index (κ3) is 3.45. The summed E-state index contributed by atoms with van der Waals surface area (Å²) in [6.45, 7) is 6.89. The molecule has 3 heterocycles. The lowest BCUT2D eigenvalue weighted by Crippen LogP contribution is -2.53. The summed E-state index contributed by atoms with van der Waals surface area (Å²) in [6, 6.07) is 2.04. The second kappa shape index (κ2) is 6.45. The average Bonchev–Trinajstić information content (AvgIpc) is 3.11. The smallest absolute Gasteiger partial charge is 0.240 e. The third-order valence-corrected chi connectivity index (χ3v) is 4.44. The molecule has 1 aliphatic rings. The topological polar surface area (TPSA) is 74.5 Å². The van der Waals surface area contributed by atoms with E-state index in [2.05, 4.69) is 32.2 Å². The summed E-state index contributed by atoms with van der Waals surface area (Å²) in [5.74, 6) is 0.322. The summed E-state index contributed by atoms with van der Waals surface area (Å²) in [5, 5.41) is 9.52. The SMILES string of the molecule is Cc1cc(NC(=O)CN2CCN(c3nccs3)[C@@H](C)C2)on1. The van der Waals surface area contributed by atoms with Crippen LogP contribution in [0.3, 0.4) is 0 Å². The lowest BCUT2D eigenvalue weighted by atomic mass is 10.2. The second-order valence-corrected chi connectivity index (χ2v) is 6.35. The van der Waals surface area contributed by atoms with E-state index in [4.69, 9.17) is 4.52 Å². The van der Waals surface area contributed by atoms with Gasteiger partial charge in [0.25, 0.3) is 0 Å². The number of amides is 1. The summed E-state index contributed by atoms with van der Waals surface area (Å²) in [7, 11) is 0. The minimum absolute atomic E-state index is 0.0777. The van der Waals surface area contributed by atoms with Crippen molar-refractivity contribution in [1.82, 2.24) is 15.0 Å². The summed E-state index contributed by atoms with van der Waals surface area (Å²) in [4.78, 5) is 20.8. The van der Waals surface area contributed by atoms with Crippen molar-refractivity contribution >= 4 is 28.3 Å². The van der Waals surface area contributed by atoms with Gasteiger partial charge in [-0.1, -0.05) is 5.16 Å². The Kier molecular flexibility index (Phi) is 4.39. The largest absolute Gasteiger partial charge is 0.343 e. The van der Waals surface area contributed by atoms with Crippen molar-refractivity contribution in [2.75, 3.05) is 36.4 Å². The van der Waals surface area contributed by atoms with Crippen molar-refractivity contribution in [1.29, 1.82) is 0 Å². The molecule has 1 N–H and O–H groups in total. The Labute approximate surface area is 132 Å². The number of hydrogen-bond acceptors (Lipinski definition) is 7. The number of rotatable bonds is 4. The van der Waals surface area contributed by atoms with Gasteiger partial charge < -0.3 is 9.42 Å². The van der Waals surface area contributed by atoms with E-state index in [9.17, 15) is 4.79 Å². The van der Waals surface area contributed by atoms with Gasteiger partial charge in [0.2, 0.25) is 11.8 Å². The molecule has 2 aromatic heterocycles. The molecular formula is C14H19N5O2S. The van der Waals surface area contributed by atoms with Crippen LogP contribution in [0.15, 0.2) is 22.2 Å². The molecule has 8 heteroatoms. The maximum atomic E-state index is 12.0. The fourth-order valence-corrected chi connectivity index (χ4v) is 3.39. The van der Waals surface area contributed by atoms with Gasteiger partial charge in [0, 0.05) is 43.3 Å². The number of nitrogens with one attached hydrogen (secondary N) is 1. The van der Waals surface area contributed by atoms with E-state index in [0.29, 0.717) is 18.5 Å². The molecule has 0 spiro atoms. The lowest BCUT2D eigenvalue weighted by Gasteiger charge is -2.39. The molecule has 2 aromatic rings. The molecule has 1 fully saturated rings. The van der Waals surface area contributed by atoms with Gasteiger partial charge in [-0.05, 0) is 13.8 Å². The minimum atomic E-state index is -0.0777. The first-order valence-electron chi connectivity index (χ1n) is 7.23. The summed E-state index contributed by atoms with van der Waals surface area (Å²) in [6.07, 6.45) is 1.83. The summed E-state index contributed by atoms with van der Waals surface area (Å²) >= 11 is 1.65. The molecular weight excluding hydrogens is 302 g/mol. The molecule has 0 aliphatic carbocycles. The van der Waals surface area contributed by atoms with E-state index >= 15 is 0 Å². The van der Waals surface area contributed by atoms with Gasteiger partial charge in [-0.25, -0.2) is 4.98 Å². The highest BCUT2D eigenvalue weighted by molar-refractivity contribution is 7.13. The zero-order valence-electron chi connectivity index (χ0n) is 12.7. The van der Waals surface area contributed by atoms with Crippen LogP contribution in [-0.4, -0.2) is 53.2 Å². The zero-order chi connectivity index (χ0) is 15.5. The monoisotopic (exact) mass is 321 g/mol. The van der Waals surface area contributed by atoms with Crippen LogP contribution in [0.2, 0.25) is 0 Å². The van der Waals surface area contributed by atoms with Crippen LogP contribution in [0, 0.1) is 6.92 Å². The van der Waals surface area contributed by atoms with Crippen molar-refractivity contribution in [3.05, 3.63) is 23.3 Å². The van der Waals surface area contributed by atoms with Gasteiger partial charge in [-0.3, -0.25) is 15.0 Å². The second-order valence-electron chi connectivity index (χ2n) is 5.47. The van der Waals surface area contributed by atoms with Crippen LogP contribution in [0.1, 0.15) is 12.6 Å². The Morgan fingerprint density at radius 3 is 3.05 bits per heavy atom. The average molecular weight is 321 g/mol. The fourth-order valence-electron chi connectivity index (χ4n) is 2.62. The van der Waals surface area contributed by atoms with E-state index in [1.54, 1.807) is 17.4 Å². The van der Waals surface area contributed by atoms with E-state index in [0.717, 1.165) is 30.5 Å². The minimum Gasteiger partial charge on any atom is -0.343 e. The zero-order valence-corrected chi connectivity index (χ0v) is 13.5. The summed E-state index contributed by atoms with van der Waals surface area (Å²) in [5.41, 5.74) is 0.751. The molecule has 0 saturated carbocycles. The van der Waals surface area contributed by atoms with Crippen molar-refractivity contribution in [2.24, 2.45) is 0 Å². The molecule has 1 amide bonds. The number of carbonyl (C=O) groups is 1. The standard InChI is InChI=1S/C14H19N5O2S/c1-10-7-13(21-17-10)16-12(20)9-18-4-5-19(11(2)8-18)14-15-3-6-22-14/h3,6-7,11H,4-5,8-9H2,1-2H3,(H,16,20)/t11-/m0/s1. The predicted octanol–water partition coefficient (Wildman–Crippen LogP) is 1.59. The molecule has 0 radical (unpaired) electrons. The number of piperazine rings is 1. The van der Waals surface area contributed by atoms with Gasteiger partial charge in [0.1, 0.15) is 0 Å². The Hall–Kier alpha value is -1.93. The molecule has 3 rings (SSSR count). The first-order chi connectivity index (χ1) is 10.6. The number of anilines is 2. The number of nitrogens with zero attached hydrogens (tertiary/aromatic N) is 4. The van der Waals surface area contributed by atoms with Crippen LogP contribution < -0.4 is 10.2 Å². The summed E-state index contributed by atoms with van der Waals surface area (Å²) < 4.78 is 5.00. The number of thiazole rings is 1. The Bertz CT molecular complexity index is 627. The van der Waals surface area contributed by atoms with Crippen molar-refractivity contribution in [2.45, 2.75) is 19.9 Å². The van der Waals surface area contributed by atoms with Crippen molar-refractivity contribution in [3.63, 3.8) is 0 Å². The number of hydrogen-bond donors (Lipinski definition) is 1. The Morgan fingerprint density at radius 1 is 1.55 bits per heavy atom. The molecule has 7 nitrogen and oxygen atoms in total. The number of aromatic nitrogens is 2. The molecule has 0 aromatic carbocycles. The van der Waals surface area contributed by atoms with Gasteiger partial charge >= 0.3 is 0 Å². The molecule has 1 atom stereocenters. The Balaban J connectivity index is 1.51. The highest BCUT2D eigenvalue weighted by Crippen LogP contribution is 2.22. The number of aryl methyl sites for hydroxylation is 1.